The number of ether oxygens (including phenoxy) is 1. The lowest BCUT2D eigenvalue weighted by atomic mass is 10.2. The Bertz CT molecular complexity index is 328. The molecule has 0 spiro atoms. The molecule has 0 aliphatic carbocycles. The molecule has 1 aromatic rings. The van der Waals surface area contributed by atoms with Gasteiger partial charge in [-0.15, -0.1) is 0 Å². The fraction of sp³-hybridized carbons (Fsp3) is 0.364. The Morgan fingerprint density at radius 3 is 2.87 bits per heavy atom. The smallest absolute Gasteiger partial charge is 0.307 e. The lowest BCUT2D eigenvalue weighted by molar-refractivity contribution is -0.144. The van der Waals surface area contributed by atoms with Gasteiger partial charge in [0.1, 0.15) is 6.61 Å². The molecular weight excluding hydrogens is 214 g/mol. The highest BCUT2D eigenvalue weighted by Crippen LogP contribution is 2.15. The number of benzene rings is 1. The normalized spacial score (nSPS) is 10.0. The van der Waals surface area contributed by atoms with Crippen LogP contribution in [0.4, 0.5) is 0 Å². The van der Waals surface area contributed by atoms with E-state index in [1.54, 1.807) is 13.1 Å². The van der Waals surface area contributed by atoms with Gasteiger partial charge < -0.3 is 10.1 Å². The maximum Gasteiger partial charge on any atom is 0.307 e. The average molecular weight is 228 g/mol. The molecule has 0 aliphatic rings. The molecule has 4 heteroatoms. The van der Waals surface area contributed by atoms with Gasteiger partial charge in [0.25, 0.3) is 0 Å². The van der Waals surface area contributed by atoms with Crippen LogP contribution < -0.4 is 5.32 Å². The summed E-state index contributed by atoms with van der Waals surface area (Å²) in [4.78, 5) is 11.2. The maximum atomic E-state index is 11.2. The van der Waals surface area contributed by atoms with E-state index in [-0.39, 0.29) is 12.6 Å². The summed E-state index contributed by atoms with van der Waals surface area (Å²) in [5.41, 5.74) is 0.831. The minimum Gasteiger partial charge on any atom is -0.461 e. The molecule has 1 N–H and O–H groups in total. The minimum atomic E-state index is -0.218. The highest BCUT2D eigenvalue weighted by Gasteiger charge is 2.04. The Morgan fingerprint density at radius 2 is 2.20 bits per heavy atom. The second kappa shape index (κ2) is 6.43. The standard InChI is InChI=1S/C11H14ClNO2/c1-13-7-6-11(14)15-8-9-4-2-3-5-10(9)12/h2-5,13H,6-8H2,1H3. The summed E-state index contributed by atoms with van der Waals surface area (Å²) in [5, 5.41) is 3.51. The van der Waals surface area contributed by atoms with Crippen LogP contribution in [-0.4, -0.2) is 19.6 Å². The largest absolute Gasteiger partial charge is 0.461 e. The van der Waals surface area contributed by atoms with E-state index in [2.05, 4.69) is 5.32 Å². The van der Waals surface area contributed by atoms with Crippen LogP contribution in [0.2, 0.25) is 5.02 Å². The van der Waals surface area contributed by atoms with Crippen molar-refractivity contribution in [2.75, 3.05) is 13.6 Å². The molecule has 0 aromatic heterocycles. The number of esters is 1. The minimum absolute atomic E-state index is 0.218. The molecule has 0 heterocycles. The fourth-order valence-electron chi connectivity index (χ4n) is 1.07. The van der Waals surface area contributed by atoms with Gasteiger partial charge in [-0.1, -0.05) is 29.8 Å². The molecule has 82 valence electrons. The zero-order valence-corrected chi connectivity index (χ0v) is 9.38. The Hall–Kier alpha value is -1.06. The van der Waals surface area contributed by atoms with Crippen LogP contribution >= 0.6 is 11.6 Å². The van der Waals surface area contributed by atoms with E-state index >= 15 is 0 Å². The molecule has 0 saturated carbocycles. The maximum absolute atomic E-state index is 11.2. The van der Waals surface area contributed by atoms with Crippen LogP contribution in [0.25, 0.3) is 0 Å². The van der Waals surface area contributed by atoms with Crippen molar-refractivity contribution in [3.8, 4) is 0 Å². The van der Waals surface area contributed by atoms with Gasteiger partial charge in [0.2, 0.25) is 0 Å². The third kappa shape index (κ3) is 4.32. The van der Waals surface area contributed by atoms with Crippen LogP contribution in [-0.2, 0) is 16.1 Å². The molecule has 0 fully saturated rings. The Balaban J connectivity index is 2.37. The molecule has 1 rings (SSSR count). The van der Waals surface area contributed by atoms with Gasteiger partial charge in [-0.2, -0.15) is 0 Å². The first-order valence-electron chi connectivity index (χ1n) is 4.77. The fourth-order valence-corrected chi connectivity index (χ4v) is 1.26. The van der Waals surface area contributed by atoms with Gasteiger partial charge in [0.05, 0.1) is 6.42 Å². The van der Waals surface area contributed by atoms with Crippen molar-refractivity contribution in [2.24, 2.45) is 0 Å². The van der Waals surface area contributed by atoms with Crippen LogP contribution in [0.5, 0.6) is 0 Å². The Labute approximate surface area is 94.4 Å². The average Bonchev–Trinajstić information content (AvgIpc) is 2.25. The molecule has 0 atom stereocenters. The van der Waals surface area contributed by atoms with Crippen molar-refractivity contribution < 1.29 is 9.53 Å². The van der Waals surface area contributed by atoms with Gasteiger partial charge >= 0.3 is 5.97 Å². The molecule has 0 bridgehead atoms. The molecule has 0 saturated heterocycles. The number of hydrogen-bond acceptors (Lipinski definition) is 3. The summed E-state index contributed by atoms with van der Waals surface area (Å²) in [6.07, 6.45) is 0.376. The summed E-state index contributed by atoms with van der Waals surface area (Å²) in [7, 11) is 1.79. The number of nitrogens with one attached hydrogen (secondary N) is 1. The van der Waals surface area contributed by atoms with Crippen LogP contribution in [0.15, 0.2) is 24.3 Å². The monoisotopic (exact) mass is 227 g/mol. The second-order valence-corrected chi connectivity index (χ2v) is 3.51. The third-order valence-electron chi connectivity index (χ3n) is 1.93. The molecular formula is C11H14ClNO2. The summed E-state index contributed by atoms with van der Waals surface area (Å²) >= 11 is 5.91. The van der Waals surface area contributed by atoms with E-state index in [9.17, 15) is 4.79 Å². The highest BCUT2D eigenvalue weighted by molar-refractivity contribution is 6.31. The number of rotatable bonds is 5. The molecule has 1 aromatic carbocycles. The van der Waals surface area contributed by atoms with Crippen molar-refractivity contribution in [3.05, 3.63) is 34.9 Å². The molecule has 0 aliphatic heterocycles. The van der Waals surface area contributed by atoms with Crippen LogP contribution in [0.3, 0.4) is 0 Å². The number of halogens is 1. The van der Waals surface area contributed by atoms with Gasteiger partial charge in [-0.25, -0.2) is 0 Å². The van der Waals surface area contributed by atoms with E-state index in [1.807, 2.05) is 18.2 Å². The quantitative estimate of drug-likeness (QED) is 0.782. The van der Waals surface area contributed by atoms with E-state index < -0.39 is 0 Å². The van der Waals surface area contributed by atoms with Crippen molar-refractivity contribution in [1.82, 2.24) is 5.32 Å². The molecule has 15 heavy (non-hydrogen) atoms. The van der Waals surface area contributed by atoms with Crippen LogP contribution in [0, 0.1) is 0 Å². The van der Waals surface area contributed by atoms with Crippen molar-refractivity contribution >= 4 is 17.6 Å². The van der Waals surface area contributed by atoms with Crippen molar-refractivity contribution in [3.63, 3.8) is 0 Å². The van der Waals surface area contributed by atoms with Gasteiger partial charge in [0.15, 0.2) is 0 Å². The summed E-state index contributed by atoms with van der Waals surface area (Å²) in [5.74, 6) is -0.218. The van der Waals surface area contributed by atoms with Gasteiger partial charge in [-0.05, 0) is 13.1 Å². The molecule has 3 nitrogen and oxygen atoms in total. The van der Waals surface area contributed by atoms with Gasteiger partial charge in [-0.3, -0.25) is 4.79 Å². The Kier molecular flexibility index (Phi) is 5.15. The van der Waals surface area contributed by atoms with Crippen molar-refractivity contribution in [2.45, 2.75) is 13.0 Å². The van der Waals surface area contributed by atoms with Crippen molar-refractivity contribution in [1.29, 1.82) is 0 Å². The third-order valence-corrected chi connectivity index (χ3v) is 2.29. The topological polar surface area (TPSA) is 38.3 Å². The first kappa shape index (κ1) is 12.0. The SMILES string of the molecule is CNCCC(=O)OCc1ccccc1Cl. The van der Waals surface area contributed by atoms with Gasteiger partial charge in [0, 0.05) is 17.1 Å². The van der Waals surface area contributed by atoms with E-state index in [0.717, 1.165) is 5.56 Å². The highest BCUT2D eigenvalue weighted by atomic mass is 35.5. The van der Waals surface area contributed by atoms with Crippen LogP contribution in [0.1, 0.15) is 12.0 Å². The molecule has 0 radical (unpaired) electrons. The number of hydrogen-bond donors (Lipinski definition) is 1. The zero-order valence-electron chi connectivity index (χ0n) is 8.63. The second-order valence-electron chi connectivity index (χ2n) is 3.11. The number of carbonyl (C=O) groups is 1. The summed E-state index contributed by atoms with van der Waals surface area (Å²) in [6.45, 7) is 0.865. The predicted octanol–water partition coefficient (Wildman–Crippen LogP) is 1.99. The lowest BCUT2D eigenvalue weighted by Gasteiger charge is -2.05. The van der Waals surface area contributed by atoms with E-state index in [4.69, 9.17) is 16.3 Å². The Morgan fingerprint density at radius 1 is 1.47 bits per heavy atom. The van der Waals surface area contributed by atoms with E-state index in [0.29, 0.717) is 18.0 Å². The van der Waals surface area contributed by atoms with E-state index in [1.165, 1.54) is 0 Å². The molecule has 0 amide bonds. The first-order chi connectivity index (χ1) is 7.24. The zero-order chi connectivity index (χ0) is 11.1. The predicted molar refractivity (Wildman–Crippen MR) is 59.8 cm³/mol. The summed E-state index contributed by atoms with van der Waals surface area (Å²) in [6, 6.07) is 7.32. The number of carbonyl (C=O) groups excluding carboxylic acids is 1. The summed E-state index contributed by atoms with van der Waals surface area (Å²) < 4.78 is 5.05. The molecule has 0 unspecified atom stereocenters. The first-order valence-corrected chi connectivity index (χ1v) is 5.15. The lowest BCUT2D eigenvalue weighted by Crippen LogP contribution is -2.14.